The van der Waals surface area contributed by atoms with E-state index in [9.17, 15) is 13.2 Å². The van der Waals surface area contributed by atoms with Crippen molar-refractivity contribution < 1.29 is 13.2 Å². The Morgan fingerprint density at radius 3 is 2.62 bits per heavy atom. The van der Waals surface area contributed by atoms with Crippen molar-refractivity contribution in [2.45, 2.75) is 42.0 Å². The number of anilines is 1. The van der Waals surface area contributed by atoms with E-state index >= 15 is 0 Å². The molecule has 0 bridgehead atoms. The molecule has 29 heavy (non-hydrogen) atoms. The van der Waals surface area contributed by atoms with E-state index < -0.39 is 16.1 Å². The van der Waals surface area contributed by atoms with E-state index in [0.717, 1.165) is 40.3 Å². The number of carbonyl (C=O) groups excluding carboxylic acids is 1. The van der Waals surface area contributed by atoms with Crippen LogP contribution in [0.25, 0.3) is 0 Å². The summed E-state index contributed by atoms with van der Waals surface area (Å²) >= 11 is 2.52. The molecule has 2 aromatic heterocycles. The molecule has 1 aliphatic carbocycles. The molecule has 1 fully saturated rings. The Hall–Kier alpha value is -2.14. The summed E-state index contributed by atoms with van der Waals surface area (Å²) in [6, 6.07) is 10.1. The molecule has 1 atom stereocenters. The zero-order valence-electron chi connectivity index (χ0n) is 15.3. The number of rotatable bonds is 5. The van der Waals surface area contributed by atoms with Gasteiger partial charge in [-0.15, -0.1) is 21.5 Å². The monoisotopic (exact) mass is 446 g/mol. The van der Waals surface area contributed by atoms with Gasteiger partial charge in [0.05, 0.1) is 0 Å². The van der Waals surface area contributed by atoms with Crippen molar-refractivity contribution in [3.05, 3.63) is 57.9 Å². The van der Waals surface area contributed by atoms with Crippen LogP contribution in [0.3, 0.4) is 0 Å². The summed E-state index contributed by atoms with van der Waals surface area (Å²) in [5.41, 5.74) is 1.91. The van der Waals surface area contributed by atoms with E-state index in [1.807, 2.05) is 24.3 Å². The van der Waals surface area contributed by atoms with Crippen LogP contribution in [-0.2, 0) is 27.8 Å². The second-order valence-electron chi connectivity index (χ2n) is 7.18. The number of nitrogens with one attached hydrogen (secondary N) is 1. The maximum Gasteiger partial charge on any atom is 0.253 e. The molecule has 1 N–H and O–H groups in total. The molecule has 5 rings (SSSR count). The molecule has 0 saturated heterocycles. The van der Waals surface area contributed by atoms with Crippen molar-refractivity contribution in [1.82, 2.24) is 14.5 Å². The number of amides is 1. The van der Waals surface area contributed by atoms with Crippen molar-refractivity contribution in [2.75, 3.05) is 5.32 Å². The summed E-state index contributed by atoms with van der Waals surface area (Å²) in [6.45, 7) is 0.165. The Kier molecular flexibility index (Phi) is 4.73. The molecule has 0 unspecified atom stereocenters. The number of fused-ring (bicyclic) bond motifs is 1. The van der Waals surface area contributed by atoms with Crippen molar-refractivity contribution in [2.24, 2.45) is 0 Å². The molecule has 7 nitrogen and oxygen atoms in total. The lowest BCUT2D eigenvalue weighted by atomic mass is 9.95. The molecule has 3 heterocycles. The maximum atomic E-state index is 13.3. The van der Waals surface area contributed by atoms with E-state index in [-0.39, 0.29) is 16.7 Å². The van der Waals surface area contributed by atoms with Crippen molar-refractivity contribution in [3.63, 3.8) is 0 Å². The van der Waals surface area contributed by atoms with Crippen LogP contribution in [0.4, 0.5) is 5.13 Å². The van der Waals surface area contributed by atoms with Crippen molar-refractivity contribution in [1.29, 1.82) is 0 Å². The number of thiophene rings is 1. The predicted molar refractivity (Wildman–Crippen MR) is 111 cm³/mol. The lowest BCUT2D eigenvalue weighted by Crippen LogP contribution is -2.50. The highest BCUT2D eigenvalue weighted by molar-refractivity contribution is 7.91. The molecule has 150 valence electrons. The summed E-state index contributed by atoms with van der Waals surface area (Å²) in [7, 11) is -3.79. The Labute approximate surface area is 176 Å². The summed E-state index contributed by atoms with van der Waals surface area (Å²) in [5, 5.41) is 14.1. The van der Waals surface area contributed by atoms with Crippen molar-refractivity contribution in [3.8, 4) is 0 Å². The molecule has 1 aromatic carbocycles. The van der Waals surface area contributed by atoms with E-state index in [2.05, 4.69) is 15.5 Å². The van der Waals surface area contributed by atoms with Gasteiger partial charge in [0.15, 0.2) is 0 Å². The molecule has 1 aliphatic heterocycles. The minimum Gasteiger partial charge on any atom is -0.299 e. The predicted octanol–water partition coefficient (Wildman–Crippen LogP) is 3.23. The second kappa shape index (κ2) is 7.28. The van der Waals surface area contributed by atoms with Crippen LogP contribution < -0.4 is 5.32 Å². The Morgan fingerprint density at radius 2 is 1.90 bits per heavy atom. The maximum absolute atomic E-state index is 13.3. The van der Waals surface area contributed by atoms with E-state index in [0.29, 0.717) is 17.5 Å². The van der Waals surface area contributed by atoms with Gasteiger partial charge in [-0.05, 0) is 41.8 Å². The van der Waals surface area contributed by atoms with E-state index in [1.165, 1.54) is 15.6 Å². The first-order chi connectivity index (χ1) is 14.0. The molecule has 1 saturated carbocycles. The molecule has 0 radical (unpaired) electrons. The van der Waals surface area contributed by atoms with Gasteiger partial charge in [0.1, 0.15) is 15.3 Å². The zero-order chi connectivity index (χ0) is 20.0. The fourth-order valence-electron chi connectivity index (χ4n) is 3.47. The number of hydrogen-bond donors (Lipinski definition) is 1. The molecule has 1 amide bonds. The molecular formula is C19H18N4O3S3. The van der Waals surface area contributed by atoms with Gasteiger partial charge in [-0.2, -0.15) is 4.31 Å². The quantitative estimate of drug-likeness (QED) is 0.650. The first kappa shape index (κ1) is 18.9. The van der Waals surface area contributed by atoms with Gasteiger partial charge in [-0.1, -0.05) is 41.7 Å². The molecule has 3 aromatic rings. The summed E-state index contributed by atoms with van der Waals surface area (Å²) in [6.07, 6.45) is 2.53. The highest BCUT2D eigenvalue weighted by atomic mass is 32.2. The largest absolute Gasteiger partial charge is 0.299 e. The van der Waals surface area contributed by atoms with Crippen LogP contribution in [0.1, 0.15) is 34.9 Å². The fourth-order valence-corrected chi connectivity index (χ4v) is 7.07. The highest BCUT2D eigenvalue weighted by Gasteiger charge is 2.40. The molecule has 2 aliphatic rings. The fraction of sp³-hybridized carbons (Fsp3) is 0.316. The smallest absolute Gasteiger partial charge is 0.253 e. The second-order valence-corrected chi connectivity index (χ2v) is 11.3. The van der Waals surface area contributed by atoms with Gasteiger partial charge in [-0.3, -0.25) is 10.1 Å². The topological polar surface area (TPSA) is 92.3 Å². The molecule has 10 heteroatoms. The highest BCUT2D eigenvalue weighted by Crippen LogP contribution is 2.42. The van der Waals surface area contributed by atoms with Gasteiger partial charge in [0.2, 0.25) is 11.0 Å². The van der Waals surface area contributed by atoms with Crippen LogP contribution in [0.5, 0.6) is 0 Å². The minimum absolute atomic E-state index is 0.165. The minimum atomic E-state index is -3.79. The lowest BCUT2D eigenvalue weighted by molar-refractivity contribution is -0.120. The Morgan fingerprint density at radius 1 is 1.10 bits per heavy atom. The number of aromatic nitrogens is 2. The van der Waals surface area contributed by atoms with Crippen LogP contribution in [0.15, 0.2) is 46.0 Å². The third kappa shape index (κ3) is 3.61. The Bertz CT molecular complexity index is 1150. The van der Waals surface area contributed by atoms with Crippen molar-refractivity contribution >= 4 is 43.7 Å². The number of carbonyl (C=O) groups is 1. The van der Waals surface area contributed by atoms with Gasteiger partial charge >= 0.3 is 0 Å². The first-order valence-corrected chi connectivity index (χ1v) is 12.4. The van der Waals surface area contributed by atoms with Gasteiger partial charge < -0.3 is 0 Å². The number of sulfonamides is 1. The molecular weight excluding hydrogens is 428 g/mol. The van der Waals surface area contributed by atoms with Crippen LogP contribution in [-0.4, -0.2) is 34.9 Å². The van der Waals surface area contributed by atoms with Gasteiger partial charge in [0.25, 0.3) is 10.0 Å². The average Bonchev–Trinajstić information content (AvgIpc) is 3.21. The van der Waals surface area contributed by atoms with E-state index in [1.54, 1.807) is 17.5 Å². The normalized spacial score (nSPS) is 19.7. The summed E-state index contributed by atoms with van der Waals surface area (Å²) < 4.78 is 28.1. The Balaban J connectivity index is 1.46. The number of hydrogen-bond acceptors (Lipinski definition) is 7. The number of nitrogens with zero attached hydrogens (tertiary/aromatic N) is 3. The third-order valence-electron chi connectivity index (χ3n) is 5.16. The summed E-state index contributed by atoms with van der Waals surface area (Å²) in [4.78, 5) is 13.1. The van der Waals surface area contributed by atoms with Gasteiger partial charge in [-0.25, -0.2) is 8.42 Å². The zero-order valence-corrected chi connectivity index (χ0v) is 17.8. The van der Waals surface area contributed by atoms with Crippen LogP contribution in [0.2, 0.25) is 0 Å². The standard InChI is InChI=1S/C19H18N4O3S3/c24-17(20-19-22-21-18(28-19)12-7-8-12)15-10-13-4-1-2-5-14(13)11-23(15)29(25,26)16-6-3-9-27-16/h1-6,9,12,15H,7-8,10-11H2,(H,20,22,24)/t15-/m1/s1. The lowest BCUT2D eigenvalue weighted by Gasteiger charge is -2.34. The first-order valence-electron chi connectivity index (χ1n) is 9.29. The average molecular weight is 447 g/mol. The summed E-state index contributed by atoms with van der Waals surface area (Å²) in [5.74, 6) is 0.0774. The van der Waals surface area contributed by atoms with Crippen LogP contribution >= 0.6 is 22.7 Å². The third-order valence-corrected chi connectivity index (χ3v) is 9.39. The number of benzene rings is 1. The van der Waals surface area contributed by atoms with Gasteiger partial charge in [0, 0.05) is 12.5 Å². The molecule has 0 spiro atoms. The SMILES string of the molecule is O=C(Nc1nnc(C2CC2)s1)[C@H]1Cc2ccccc2CN1S(=O)(=O)c1cccs1. The van der Waals surface area contributed by atoms with Crippen LogP contribution in [0, 0.1) is 0 Å². The van der Waals surface area contributed by atoms with E-state index in [4.69, 9.17) is 0 Å².